The molecule has 4 nitrogen and oxygen atoms in total. The van der Waals surface area contributed by atoms with Gasteiger partial charge in [-0.1, -0.05) is 29.8 Å². The van der Waals surface area contributed by atoms with Crippen LogP contribution in [0.5, 0.6) is 0 Å². The first-order valence-corrected chi connectivity index (χ1v) is 8.20. The number of hydrogen-bond acceptors (Lipinski definition) is 2. The highest BCUT2D eigenvalue weighted by Gasteiger charge is 2.35. The van der Waals surface area contributed by atoms with E-state index in [-0.39, 0.29) is 22.5 Å². The van der Waals surface area contributed by atoms with Gasteiger partial charge in [0.2, 0.25) is 5.91 Å². The van der Waals surface area contributed by atoms with Crippen molar-refractivity contribution in [2.24, 2.45) is 0 Å². The Bertz CT molecular complexity index is 696. The van der Waals surface area contributed by atoms with Crippen LogP contribution in [0.1, 0.15) is 31.9 Å². The molecular formula is C16H17BrFN3O. The summed E-state index contributed by atoms with van der Waals surface area (Å²) in [5.74, 6) is -0.0341. The fourth-order valence-corrected chi connectivity index (χ4v) is 3.15. The first kappa shape index (κ1) is 15.2. The lowest BCUT2D eigenvalue weighted by Gasteiger charge is -2.19. The maximum atomic E-state index is 13.2. The van der Waals surface area contributed by atoms with Crippen LogP contribution in [-0.2, 0) is 4.79 Å². The van der Waals surface area contributed by atoms with E-state index < -0.39 is 0 Å². The van der Waals surface area contributed by atoms with Crippen molar-refractivity contribution in [1.29, 1.82) is 0 Å². The van der Waals surface area contributed by atoms with E-state index in [1.807, 2.05) is 0 Å². The van der Waals surface area contributed by atoms with Gasteiger partial charge in [0.25, 0.3) is 0 Å². The van der Waals surface area contributed by atoms with Crippen molar-refractivity contribution in [2.45, 2.75) is 31.0 Å². The minimum absolute atomic E-state index is 0.0478. The lowest BCUT2D eigenvalue weighted by atomic mass is 10.0. The van der Waals surface area contributed by atoms with Crippen LogP contribution in [0.15, 0.2) is 24.3 Å². The maximum absolute atomic E-state index is 13.2. The molecule has 1 aliphatic rings. The number of halogens is 2. The number of carbonyl (C=O) groups is 1. The topological polar surface area (TPSA) is 49.0 Å². The Labute approximate surface area is 136 Å². The summed E-state index contributed by atoms with van der Waals surface area (Å²) in [5.41, 5.74) is 3.23. The zero-order chi connectivity index (χ0) is 15.9. The molecule has 0 aliphatic carbocycles. The zero-order valence-electron chi connectivity index (χ0n) is 12.4. The van der Waals surface area contributed by atoms with Crippen LogP contribution >= 0.6 is 15.9 Å². The van der Waals surface area contributed by atoms with Gasteiger partial charge in [-0.3, -0.25) is 9.89 Å². The molecule has 0 saturated carbocycles. The summed E-state index contributed by atoms with van der Waals surface area (Å²) in [6, 6.07) is 6.18. The van der Waals surface area contributed by atoms with Gasteiger partial charge in [-0.2, -0.15) is 5.10 Å². The van der Waals surface area contributed by atoms with Crippen molar-refractivity contribution >= 4 is 27.5 Å². The van der Waals surface area contributed by atoms with Gasteiger partial charge in [-0.25, -0.2) is 4.39 Å². The Morgan fingerprint density at radius 2 is 2.05 bits per heavy atom. The third kappa shape index (κ3) is 2.56. The Morgan fingerprint density at radius 3 is 2.59 bits per heavy atom. The summed E-state index contributed by atoms with van der Waals surface area (Å²) in [6.45, 7) is 4.76. The molecule has 0 spiro atoms. The lowest BCUT2D eigenvalue weighted by Crippen LogP contribution is -2.28. The van der Waals surface area contributed by atoms with E-state index in [2.05, 4.69) is 40.0 Å². The van der Waals surface area contributed by atoms with E-state index in [1.54, 1.807) is 17.0 Å². The monoisotopic (exact) mass is 365 g/mol. The number of amides is 1. The number of aromatic nitrogens is 2. The second-order valence-corrected chi connectivity index (χ2v) is 6.85. The molecule has 2 heterocycles. The van der Waals surface area contributed by atoms with E-state index in [4.69, 9.17) is 0 Å². The Hall–Kier alpha value is -1.69. The number of H-pyrrole nitrogens is 1. The SMILES string of the molecule is CC(C)c1[nH]nc(-c2ccc(F)cc2)c1N1CCC(Br)C1=O. The van der Waals surface area contributed by atoms with Crippen LogP contribution in [0.3, 0.4) is 0 Å². The van der Waals surface area contributed by atoms with Crippen LogP contribution in [-0.4, -0.2) is 27.5 Å². The highest BCUT2D eigenvalue weighted by Crippen LogP contribution is 2.38. The fraction of sp³-hybridized carbons (Fsp3) is 0.375. The lowest BCUT2D eigenvalue weighted by molar-refractivity contribution is -0.116. The highest BCUT2D eigenvalue weighted by molar-refractivity contribution is 9.10. The van der Waals surface area contributed by atoms with E-state index in [0.717, 1.165) is 23.4 Å². The van der Waals surface area contributed by atoms with Crippen molar-refractivity contribution < 1.29 is 9.18 Å². The summed E-state index contributed by atoms with van der Waals surface area (Å²) in [7, 11) is 0. The molecule has 1 aliphatic heterocycles. The van der Waals surface area contributed by atoms with E-state index in [1.165, 1.54) is 12.1 Å². The predicted octanol–water partition coefficient (Wildman–Crippen LogP) is 3.84. The molecule has 2 aromatic rings. The third-order valence-electron chi connectivity index (χ3n) is 3.87. The number of benzene rings is 1. The van der Waals surface area contributed by atoms with Gasteiger partial charge < -0.3 is 4.90 Å². The zero-order valence-corrected chi connectivity index (χ0v) is 14.0. The molecule has 6 heteroatoms. The van der Waals surface area contributed by atoms with E-state index in [9.17, 15) is 9.18 Å². The van der Waals surface area contributed by atoms with Gasteiger partial charge in [0.05, 0.1) is 16.2 Å². The van der Waals surface area contributed by atoms with Crippen molar-refractivity contribution in [3.8, 4) is 11.3 Å². The normalized spacial score (nSPS) is 18.5. The minimum Gasteiger partial charge on any atom is -0.308 e. The highest BCUT2D eigenvalue weighted by atomic mass is 79.9. The van der Waals surface area contributed by atoms with Gasteiger partial charge in [-0.15, -0.1) is 0 Å². The molecule has 0 radical (unpaired) electrons. The number of rotatable bonds is 3. The Morgan fingerprint density at radius 1 is 1.36 bits per heavy atom. The van der Waals surface area contributed by atoms with Crippen LogP contribution in [0.4, 0.5) is 10.1 Å². The third-order valence-corrected chi connectivity index (χ3v) is 4.72. The van der Waals surface area contributed by atoms with Crippen LogP contribution in [0, 0.1) is 5.82 Å². The van der Waals surface area contributed by atoms with Gasteiger partial charge >= 0.3 is 0 Å². The molecule has 3 rings (SSSR count). The molecule has 22 heavy (non-hydrogen) atoms. The van der Waals surface area contributed by atoms with Gasteiger partial charge in [-0.05, 0) is 36.6 Å². The van der Waals surface area contributed by atoms with E-state index in [0.29, 0.717) is 12.2 Å². The predicted molar refractivity (Wildman–Crippen MR) is 87.8 cm³/mol. The largest absolute Gasteiger partial charge is 0.308 e. The van der Waals surface area contributed by atoms with Crippen LogP contribution < -0.4 is 4.90 Å². The van der Waals surface area contributed by atoms with Crippen molar-refractivity contribution in [3.05, 3.63) is 35.8 Å². The summed E-state index contributed by atoms with van der Waals surface area (Å²) in [4.78, 5) is 14.0. The average Bonchev–Trinajstić information content (AvgIpc) is 3.05. The number of nitrogens with zero attached hydrogens (tertiary/aromatic N) is 2. The molecule has 0 bridgehead atoms. The van der Waals surface area contributed by atoms with Crippen molar-refractivity contribution in [1.82, 2.24) is 10.2 Å². The van der Waals surface area contributed by atoms with Crippen LogP contribution in [0.2, 0.25) is 0 Å². The van der Waals surface area contributed by atoms with E-state index >= 15 is 0 Å². The molecule has 1 unspecified atom stereocenters. The summed E-state index contributed by atoms with van der Waals surface area (Å²) in [6.07, 6.45) is 0.768. The second-order valence-electron chi connectivity index (χ2n) is 5.74. The number of aromatic amines is 1. The van der Waals surface area contributed by atoms with Crippen LogP contribution in [0.25, 0.3) is 11.3 Å². The summed E-state index contributed by atoms with van der Waals surface area (Å²) in [5, 5.41) is 7.43. The van der Waals surface area contributed by atoms with Crippen molar-refractivity contribution in [3.63, 3.8) is 0 Å². The molecule has 1 N–H and O–H groups in total. The first-order valence-electron chi connectivity index (χ1n) is 7.28. The quantitative estimate of drug-likeness (QED) is 0.840. The maximum Gasteiger partial charge on any atom is 0.240 e. The Kier molecular flexibility index (Phi) is 4.04. The Balaban J connectivity index is 2.12. The molecule has 1 aromatic carbocycles. The number of nitrogens with one attached hydrogen (secondary N) is 1. The number of alkyl halides is 1. The summed E-state index contributed by atoms with van der Waals surface area (Å²) >= 11 is 3.41. The van der Waals surface area contributed by atoms with Gasteiger partial charge in [0, 0.05) is 12.1 Å². The number of anilines is 1. The van der Waals surface area contributed by atoms with Crippen molar-refractivity contribution in [2.75, 3.05) is 11.4 Å². The summed E-state index contributed by atoms with van der Waals surface area (Å²) < 4.78 is 13.2. The molecule has 1 atom stereocenters. The first-order chi connectivity index (χ1) is 10.5. The average molecular weight is 366 g/mol. The van der Waals surface area contributed by atoms with Gasteiger partial charge in [0.15, 0.2) is 0 Å². The standard InChI is InChI=1S/C16H17BrFN3O/c1-9(2)13-15(21-8-7-12(17)16(21)22)14(20-19-13)10-3-5-11(18)6-4-10/h3-6,9,12H,7-8H2,1-2H3,(H,19,20). The number of hydrogen-bond donors (Lipinski definition) is 1. The second kappa shape index (κ2) is 5.83. The molecular weight excluding hydrogens is 349 g/mol. The molecule has 116 valence electrons. The molecule has 1 amide bonds. The minimum atomic E-state index is -0.289. The van der Waals surface area contributed by atoms with Gasteiger partial charge in [0.1, 0.15) is 11.5 Å². The fourth-order valence-electron chi connectivity index (χ4n) is 2.70. The smallest absolute Gasteiger partial charge is 0.240 e. The molecule has 1 fully saturated rings. The molecule has 1 aromatic heterocycles. The number of carbonyl (C=O) groups excluding carboxylic acids is 1. The molecule has 1 saturated heterocycles.